The number of carbonyl (C=O) groups is 1. The van der Waals surface area contributed by atoms with Crippen LogP contribution < -0.4 is 10.6 Å². The standard InChI is InChI=1S/C11H16N4O2/c1-12-11(16)9-2-3-10(15-14-9)13-8-4-6-17-7-5-8/h2-3,8H,4-7H2,1H3,(H,12,16)(H,13,15). The quantitative estimate of drug-likeness (QED) is 0.795. The molecule has 0 bridgehead atoms. The lowest BCUT2D eigenvalue weighted by molar-refractivity contribution is 0.0903. The van der Waals surface area contributed by atoms with Gasteiger partial charge in [0.2, 0.25) is 0 Å². The Morgan fingerprint density at radius 2 is 2.12 bits per heavy atom. The molecule has 0 spiro atoms. The highest BCUT2D eigenvalue weighted by atomic mass is 16.5. The molecule has 1 aliphatic heterocycles. The van der Waals surface area contributed by atoms with Crippen molar-refractivity contribution in [1.82, 2.24) is 15.5 Å². The molecule has 1 aliphatic rings. The van der Waals surface area contributed by atoms with E-state index >= 15 is 0 Å². The summed E-state index contributed by atoms with van der Waals surface area (Å²) in [4.78, 5) is 11.3. The Balaban J connectivity index is 1.95. The largest absolute Gasteiger partial charge is 0.381 e. The number of anilines is 1. The van der Waals surface area contributed by atoms with Crippen molar-refractivity contribution in [3.05, 3.63) is 17.8 Å². The van der Waals surface area contributed by atoms with E-state index < -0.39 is 0 Å². The first kappa shape index (κ1) is 11.8. The molecule has 0 unspecified atom stereocenters. The molecule has 1 amide bonds. The van der Waals surface area contributed by atoms with E-state index in [0.29, 0.717) is 17.6 Å². The van der Waals surface area contributed by atoms with Crippen molar-refractivity contribution >= 4 is 11.7 Å². The molecule has 0 aromatic carbocycles. The van der Waals surface area contributed by atoms with E-state index in [-0.39, 0.29) is 5.91 Å². The van der Waals surface area contributed by atoms with E-state index in [1.165, 1.54) is 0 Å². The topological polar surface area (TPSA) is 76.1 Å². The fraction of sp³-hybridized carbons (Fsp3) is 0.545. The summed E-state index contributed by atoms with van der Waals surface area (Å²) in [5.74, 6) is 0.472. The summed E-state index contributed by atoms with van der Waals surface area (Å²) < 4.78 is 5.27. The monoisotopic (exact) mass is 236 g/mol. The van der Waals surface area contributed by atoms with Gasteiger partial charge in [-0.2, -0.15) is 0 Å². The van der Waals surface area contributed by atoms with Crippen LogP contribution in [-0.2, 0) is 4.74 Å². The zero-order chi connectivity index (χ0) is 12.1. The predicted octanol–water partition coefficient (Wildman–Crippen LogP) is 0.427. The summed E-state index contributed by atoms with van der Waals surface area (Å²) in [5.41, 5.74) is 0.324. The van der Waals surface area contributed by atoms with Gasteiger partial charge in [-0.15, -0.1) is 10.2 Å². The van der Waals surface area contributed by atoms with Crippen molar-refractivity contribution in [2.45, 2.75) is 18.9 Å². The molecule has 6 nitrogen and oxygen atoms in total. The Bertz CT molecular complexity index is 374. The summed E-state index contributed by atoms with van der Waals surface area (Å²) >= 11 is 0. The van der Waals surface area contributed by atoms with Crippen molar-refractivity contribution in [3.63, 3.8) is 0 Å². The van der Waals surface area contributed by atoms with Gasteiger partial charge in [0.25, 0.3) is 5.91 Å². The van der Waals surface area contributed by atoms with Crippen molar-refractivity contribution in [1.29, 1.82) is 0 Å². The van der Waals surface area contributed by atoms with Crippen molar-refractivity contribution < 1.29 is 9.53 Å². The average molecular weight is 236 g/mol. The molecular formula is C11H16N4O2. The SMILES string of the molecule is CNC(=O)c1ccc(NC2CCOCC2)nn1. The molecule has 1 aromatic rings. The van der Waals surface area contributed by atoms with Crippen LogP contribution in [0.2, 0.25) is 0 Å². The van der Waals surface area contributed by atoms with Crippen LogP contribution in [-0.4, -0.2) is 42.4 Å². The Morgan fingerprint density at radius 3 is 2.71 bits per heavy atom. The number of ether oxygens (including phenoxy) is 1. The van der Waals surface area contributed by atoms with E-state index in [2.05, 4.69) is 20.8 Å². The molecule has 0 aliphatic carbocycles. The van der Waals surface area contributed by atoms with Gasteiger partial charge in [-0.1, -0.05) is 0 Å². The third kappa shape index (κ3) is 3.13. The maximum atomic E-state index is 11.3. The number of nitrogens with one attached hydrogen (secondary N) is 2. The van der Waals surface area contributed by atoms with Gasteiger partial charge in [0, 0.05) is 26.3 Å². The van der Waals surface area contributed by atoms with Crippen molar-refractivity contribution in [2.24, 2.45) is 0 Å². The van der Waals surface area contributed by atoms with E-state index in [0.717, 1.165) is 26.1 Å². The van der Waals surface area contributed by atoms with E-state index in [9.17, 15) is 4.79 Å². The highest BCUT2D eigenvalue weighted by Gasteiger charge is 2.14. The second-order valence-electron chi connectivity index (χ2n) is 3.91. The van der Waals surface area contributed by atoms with E-state index in [1.807, 2.05) is 0 Å². The fourth-order valence-electron chi connectivity index (χ4n) is 1.71. The van der Waals surface area contributed by atoms with Crippen LogP contribution in [0.3, 0.4) is 0 Å². The normalized spacial score (nSPS) is 16.5. The molecule has 6 heteroatoms. The predicted molar refractivity (Wildman–Crippen MR) is 62.9 cm³/mol. The van der Waals surface area contributed by atoms with Crippen LogP contribution in [0.5, 0.6) is 0 Å². The smallest absolute Gasteiger partial charge is 0.271 e. The van der Waals surface area contributed by atoms with Gasteiger partial charge < -0.3 is 15.4 Å². The fourth-order valence-corrected chi connectivity index (χ4v) is 1.71. The number of nitrogens with zero attached hydrogens (tertiary/aromatic N) is 2. The Labute approximate surface area is 99.8 Å². The van der Waals surface area contributed by atoms with Gasteiger partial charge in [0.15, 0.2) is 5.69 Å². The zero-order valence-corrected chi connectivity index (χ0v) is 9.77. The third-order valence-corrected chi connectivity index (χ3v) is 2.70. The maximum Gasteiger partial charge on any atom is 0.271 e. The van der Waals surface area contributed by atoms with E-state index in [4.69, 9.17) is 4.74 Å². The molecular weight excluding hydrogens is 220 g/mol. The van der Waals surface area contributed by atoms with Crippen LogP contribution in [0, 0.1) is 0 Å². The number of rotatable bonds is 3. The van der Waals surface area contributed by atoms with Gasteiger partial charge in [-0.25, -0.2) is 0 Å². The summed E-state index contributed by atoms with van der Waals surface area (Å²) in [6, 6.07) is 3.81. The molecule has 1 fully saturated rings. The second-order valence-corrected chi connectivity index (χ2v) is 3.91. The summed E-state index contributed by atoms with van der Waals surface area (Å²) in [5, 5.41) is 13.6. The molecule has 1 saturated heterocycles. The highest BCUT2D eigenvalue weighted by Crippen LogP contribution is 2.12. The van der Waals surface area contributed by atoms with Gasteiger partial charge in [0.1, 0.15) is 5.82 Å². The lowest BCUT2D eigenvalue weighted by atomic mass is 10.1. The number of aromatic nitrogens is 2. The zero-order valence-electron chi connectivity index (χ0n) is 9.77. The van der Waals surface area contributed by atoms with Gasteiger partial charge >= 0.3 is 0 Å². The second kappa shape index (κ2) is 5.58. The minimum Gasteiger partial charge on any atom is -0.381 e. The molecule has 17 heavy (non-hydrogen) atoms. The molecule has 2 rings (SSSR count). The number of hydrogen-bond acceptors (Lipinski definition) is 5. The van der Waals surface area contributed by atoms with Crippen LogP contribution >= 0.6 is 0 Å². The summed E-state index contributed by atoms with van der Waals surface area (Å²) in [7, 11) is 1.57. The summed E-state index contributed by atoms with van der Waals surface area (Å²) in [6.45, 7) is 1.56. The van der Waals surface area contributed by atoms with Crippen molar-refractivity contribution in [2.75, 3.05) is 25.6 Å². The van der Waals surface area contributed by atoms with Gasteiger partial charge in [-0.05, 0) is 25.0 Å². The molecule has 92 valence electrons. The number of hydrogen-bond donors (Lipinski definition) is 2. The maximum absolute atomic E-state index is 11.3. The molecule has 2 N–H and O–H groups in total. The minimum atomic E-state index is -0.227. The van der Waals surface area contributed by atoms with Crippen LogP contribution in [0.4, 0.5) is 5.82 Å². The van der Waals surface area contributed by atoms with Gasteiger partial charge in [0.05, 0.1) is 0 Å². The first-order valence-corrected chi connectivity index (χ1v) is 5.69. The number of amides is 1. The van der Waals surface area contributed by atoms with Gasteiger partial charge in [-0.3, -0.25) is 4.79 Å². The highest BCUT2D eigenvalue weighted by molar-refractivity contribution is 5.91. The molecule has 2 heterocycles. The Kier molecular flexibility index (Phi) is 3.87. The Hall–Kier alpha value is -1.69. The van der Waals surface area contributed by atoms with Crippen LogP contribution in [0.1, 0.15) is 23.3 Å². The summed E-state index contributed by atoms with van der Waals surface area (Å²) in [6.07, 6.45) is 1.94. The van der Waals surface area contributed by atoms with Crippen LogP contribution in [0.25, 0.3) is 0 Å². The molecule has 0 saturated carbocycles. The lowest BCUT2D eigenvalue weighted by Crippen LogP contribution is -2.28. The average Bonchev–Trinajstić information content (AvgIpc) is 2.40. The molecule has 0 radical (unpaired) electrons. The van der Waals surface area contributed by atoms with Crippen molar-refractivity contribution in [3.8, 4) is 0 Å². The Morgan fingerprint density at radius 1 is 1.35 bits per heavy atom. The molecule has 1 aromatic heterocycles. The third-order valence-electron chi connectivity index (χ3n) is 2.70. The minimum absolute atomic E-state index is 0.227. The number of carbonyl (C=O) groups excluding carboxylic acids is 1. The van der Waals surface area contributed by atoms with Crippen LogP contribution in [0.15, 0.2) is 12.1 Å². The first-order valence-electron chi connectivity index (χ1n) is 5.69. The lowest BCUT2D eigenvalue weighted by Gasteiger charge is -2.23. The molecule has 0 atom stereocenters. The van der Waals surface area contributed by atoms with E-state index in [1.54, 1.807) is 19.2 Å². The first-order chi connectivity index (χ1) is 8.29.